The van der Waals surface area contributed by atoms with Gasteiger partial charge in [-0.3, -0.25) is 4.98 Å². The number of carboxylic acid groups (broad SMARTS) is 1. The predicted molar refractivity (Wildman–Crippen MR) is 155 cm³/mol. The van der Waals surface area contributed by atoms with Crippen molar-refractivity contribution in [3.05, 3.63) is 108 Å². The number of nitrogens with zero attached hydrogens (tertiary/aromatic N) is 3. The number of rotatable bonds is 8. The molecule has 6 rings (SSSR count). The Balaban J connectivity index is 0.000000493. The van der Waals surface area contributed by atoms with Crippen molar-refractivity contribution in [2.45, 2.75) is 37.8 Å². The molecule has 1 saturated heterocycles. The number of carbonyl (C=O) groups is 1. The molecule has 1 aliphatic rings. The van der Waals surface area contributed by atoms with E-state index in [1.165, 1.54) is 21.9 Å². The second-order valence-corrected chi connectivity index (χ2v) is 10.0. The van der Waals surface area contributed by atoms with Gasteiger partial charge >= 0.3 is 12.1 Å². The van der Waals surface area contributed by atoms with E-state index in [-0.39, 0.29) is 12.7 Å². The van der Waals surface area contributed by atoms with Crippen LogP contribution in [0.4, 0.5) is 13.2 Å². The lowest BCUT2D eigenvalue weighted by Crippen LogP contribution is -2.40. The maximum absolute atomic E-state index is 10.6. The molecule has 1 aliphatic heterocycles. The summed E-state index contributed by atoms with van der Waals surface area (Å²) >= 11 is 0. The van der Waals surface area contributed by atoms with Gasteiger partial charge in [0.1, 0.15) is 5.75 Å². The summed E-state index contributed by atoms with van der Waals surface area (Å²) in [5, 5.41) is 17.1. The largest absolute Gasteiger partial charge is 0.490 e. The number of aliphatic carboxylic acids is 1. The van der Waals surface area contributed by atoms with Gasteiger partial charge < -0.3 is 24.4 Å². The van der Waals surface area contributed by atoms with E-state index < -0.39 is 12.1 Å². The minimum atomic E-state index is -5.08. The van der Waals surface area contributed by atoms with Gasteiger partial charge in [-0.2, -0.15) is 18.2 Å². The Bertz CT molecular complexity index is 1660. The van der Waals surface area contributed by atoms with E-state index >= 15 is 0 Å². The number of nitrogens with one attached hydrogen (secondary N) is 1. The summed E-state index contributed by atoms with van der Waals surface area (Å²) in [5.74, 6) is -0.750. The molecular weight excluding hydrogens is 577 g/mol. The van der Waals surface area contributed by atoms with Crippen molar-refractivity contribution in [3.63, 3.8) is 0 Å². The zero-order valence-corrected chi connectivity index (χ0v) is 23.4. The van der Waals surface area contributed by atoms with Gasteiger partial charge in [-0.05, 0) is 65.2 Å². The molecule has 0 amide bonds. The van der Waals surface area contributed by atoms with E-state index in [0.717, 1.165) is 30.8 Å². The third-order valence-corrected chi connectivity index (χ3v) is 7.01. The van der Waals surface area contributed by atoms with Gasteiger partial charge in [0.25, 0.3) is 5.89 Å². The standard InChI is InChI=1S/C30H28N4O3.C2HF3O2/c1-2-5-24-16-21(7-8-22(24)4-1)19-36-28-18-32-15-13-27(28)23-9-11-26(12-10-23)35-20-29-33-30(34-37-29)25-6-3-14-31-17-25;3-2(4,5)1(6)7/h1-12,14,16-17,27-28,32H,13,15,18-20H2;(H,6,7). The summed E-state index contributed by atoms with van der Waals surface area (Å²) in [6.07, 6.45) is -0.535. The van der Waals surface area contributed by atoms with Crippen molar-refractivity contribution in [3.8, 4) is 17.1 Å². The van der Waals surface area contributed by atoms with E-state index in [4.69, 9.17) is 23.9 Å². The first kappa shape index (κ1) is 30.6. The molecule has 2 N–H and O–H groups in total. The van der Waals surface area contributed by atoms with Crippen LogP contribution in [0.15, 0.2) is 95.8 Å². The average Bonchev–Trinajstić information content (AvgIpc) is 3.53. The lowest BCUT2D eigenvalue weighted by molar-refractivity contribution is -0.192. The monoisotopic (exact) mass is 606 g/mol. The number of fused-ring (bicyclic) bond motifs is 1. The molecule has 2 aromatic heterocycles. The summed E-state index contributed by atoms with van der Waals surface area (Å²) in [4.78, 5) is 17.4. The molecule has 1 fully saturated rings. The van der Waals surface area contributed by atoms with Crippen molar-refractivity contribution in [2.75, 3.05) is 13.1 Å². The summed E-state index contributed by atoms with van der Waals surface area (Å²) in [6, 6.07) is 26.9. The number of benzene rings is 3. The molecule has 2 atom stereocenters. The molecule has 3 aromatic carbocycles. The Morgan fingerprint density at radius 2 is 1.77 bits per heavy atom. The first-order chi connectivity index (χ1) is 21.3. The van der Waals surface area contributed by atoms with Crippen molar-refractivity contribution < 1.29 is 37.1 Å². The highest BCUT2D eigenvalue weighted by Crippen LogP contribution is 2.30. The topological polar surface area (TPSA) is 120 Å². The third-order valence-electron chi connectivity index (χ3n) is 7.01. The van der Waals surface area contributed by atoms with Gasteiger partial charge in [0.15, 0.2) is 6.61 Å². The summed E-state index contributed by atoms with van der Waals surface area (Å²) in [6.45, 7) is 2.62. The lowest BCUT2D eigenvalue weighted by Gasteiger charge is -2.32. The number of ether oxygens (including phenoxy) is 2. The van der Waals surface area contributed by atoms with Crippen molar-refractivity contribution in [1.82, 2.24) is 20.4 Å². The van der Waals surface area contributed by atoms with Gasteiger partial charge in [0.05, 0.1) is 12.7 Å². The molecule has 12 heteroatoms. The Hall–Kier alpha value is -4.81. The van der Waals surface area contributed by atoms with Gasteiger partial charge in [-0.25, -0.2) is 4.79 Å². The first-order valence-corrected chi connectivity index (χ1v) is 13.8. The van der Waals surface area contributed by atoms with Crippen LogP contribution < -0.4 is 10.1 Å². The Labute approximate surface area is 250 Å². The molecule has 2 unspecified atom stereocenters. The highest BCUT2D eigenvalue weighted by Gasteiger charge is 2.38. The first-order valence-electron chi connectivity index (χ1n) is 13.8. The van der Waals surface area contributed by atoms with E-state index in [2.05, 4.69) is 75.0 Å². The normalized spacial score (nSPS) is 16.6. The molecule has 3 heterocycles. The number of halogens is 3. The van der Waals surface area contributed by atoms with Crippen LogP contribution in [-0.2, 0) is 22.7 Å². The molecule has 44 heavy (non-hydrogen) atoms. The van der Waals surface area contributed by atoms with Gasteiger partial charge in [0.2, 0.25) is 5.82 Å². The number of alkyl halides is 3. The fourth-order valence-electron chi connectivity index (χ4n) is 4.80. The zero-order chi connectivity index (χ0) is 30.9. The fourth-order valence-corrected chi connectivity index (χ4v) is 4.80. The fraction of sp³-hybridized carbons (Fsp3) is 0.250. The van der Waals surface area contributed by atoms with Crippen molar-refractivity contribution >= 4 is 16.7 Å². The summed E-state index contributed by atoms with van der Waals surface area (Å²) in [7, 11) is 0. The molecular formula is C32H29F3N4O5. The summed E-state index contributed by atoms with van der Waals surface area (Å²) < 4.78 is 49.4. The molecule has 5 aromatic rings. The Kier molecular flexibility index (Phi) is 9.82. The smallest absolute Gasteiger partial charge is 0.484 e. The predicted octanol–water partition coefficient (Wildman–Crippen LogP) is 6.16. The maximum atomic E-state index is 10.6. The van der Waals surface area contributed by atoms with Crippen LogP contribution in [0.3, 0.4) is 0 Å². The van der Waals surface area contributed by atoms with Gasteiger partial charge in [-0.15, -0.1) is 0 Å². The van der Waals surface area contributed by atoms with Gasteiger partial charge in [-0.1, -0.05) is 53.7 Å². The molecule has 0 aliphatic carbocycles. The Morgan fingerprint density at radius 1 is 1.00 bits per heavy atom. The minimum absolute atomic E-state index is 0.108. The van der Waals surface area contributed by atoms with Crippen LogP contribution in [0.2, 0.25) is 0 Å². The molecule has 9 nitrogen and oxygen atoms in total. The number of hydrogen-bond donors (Lipinski definition) is 2. The van der Waals surface area contributed by atoms with Crippen LogP contribution in [0.25, 0.3) is 22.2 Å². The number of carboxylic acids is 1. The maximum Gasteiger partial charge on any atom is 0.490 e. The van der Waals surface area contributed by atoms with Crippen LogP contribution in [0.1, 0.15) is 29.4 Å². The molecule has 228 valence electrons. The second kappa shape index (κ2) is 14.1. The van der Waals surface area contributed by atoms with Gasteiger partial charge in [0, 0.05) is 30.4 Å². The number of aromatic nitrogens is 3. The quantitative estimate of drug-likeness (QED) is 0.214. The molecule has 0 saturated carbocycles. The van der Waals surface area contributed by atoms with Crippen LogP contribution in [-0.4, -0.2) is 51.6 Å². The van der Waals surface area contributed by atoms with Crippen LogP contribution in [0.5, 0.6) is 5.75 Å². The zero-order valence-electron chi connectivity index (χ0n) is 23.4. The van der Waals surface area contributed by atoms with Crippen LogP contribution >= 0.6 is 0 Å². The SMILES string of the molecule is O=C(O)C(F)(F)F.c1cncc(-c2noc(COc3ccc(C4CCNCC4OCc4ccc5ccccc5c4)cc3)n2)c1. The summed E-state index contributed by atoms with van der Waals surface area (Å²) in [5.41, 5.74) is 3.26. The van der Waals surface area contributed by atoms with E-state index in [1.807, 2.05) is 24.3 Å². The highest BCUT2D eigenvalue weighted by atomic mass is 19.4. The average molecular weight is 607 g/mol. The Morgan fingerprint density at radius 3 is 2.50 bits per heavy atom. The molecule has 0 bridgehead atoms. The minimum Gasteiger partial charge on any atom is -0.484 e. The number of piperidine rings is 1. The second-order valence-electron chi connectivity index (χ2n) is 10.0. The number of pyridine rings is 1. The highest BCUT2D eigenvalue weighted by molar-refractivity contribution is 5.82. The molecule has 0 spiro atoms. The van der Waals surface area contributed by atoms with E-state index in [9.17, 15) is 13.2 Å². The van der Waals surface area contributed by atoms with Crippen molar-refractivity contribution in [1.29, 1.82) is 0 Å². The van der Waals surface area contributed by atoms with E-state index in [1.54, 1.807) is 12.4 Å². The molecule has 0 radical (unpaired) electrons. The van der Waals surface area contributed by atoms with Crippen LogP contribution in [0, 0.1) is 0 Å². The third kappa shape index (κ3) is 8.17. The lowest BCUT2D eigenvalue weighted by atomic mass is 9.87. The number of hydrogen-bond acceptors (Lipinski definition) is 8. The van der Waals surface area contributed by atoms with E-state index in [0.29, 0.717) is 24.2 Å². The van der Waals surface area contributed by atoms with Crippen molar-refractivity contribution in [2.24, 2.45) is 0 Å².